The van der Waals surface area contributed by atoms with Crippen molar-refractivity contribution >= 4 is 5.91 Å². The summed E-state index contributed by atoms with van der Waals surface area (Å²) in [6.45, 7) is 5.72. The first-order valence-corrected chi connectivity index (χ1v) is 11.9. The molecule has 0 saturated carbocycles. The molecule has 6 nitrogen and oxygen atoms in total. The van der Waals surface area contributed by atoms with Crippen molar-refractivity contribution in [2.45, 2.75) is 37.8 Å². The highest BCUT2D eigenvalue weighted by Crippen LogP contribution is 2.32. The van der Waals surface area contributed by atoms with E-state index in [1.165, 1.54) is 16.7 Å². The number of fused-ring (bicyclic) bond motifs is 2. The molecule has 0 radical (unpaired) electrons. The molecule has 2 aromatic carbocycles. The number of hydrogen-bond donors (Lipinski definition) is 2. The van der Waals surface area contributed by atoms with Gasteiger partial charge >= 0.3 is 0 Å². The second-order valence-electron chi connectivity index (χ2n) is 9.29. The first kappa shape index (κ1) is 21.4. The van der Waals surface area contributed by atoms with Crippen molar-refractivity contribution in [3.05, 3.63) is 64.7 Å². The Hall–Kier alpha value is -2.41. The van der Waals surface area contributed by atoms with E-state index in [0.717, 1.165) is 45.4 Å². The van der Waals surface area contributed by atoms with Gasteiger partial charge in [-0.15, -0.1) is 0 Å². The fourth-order valence-corrected chi connectivity index (χ4v) is 5.28. The van der Waals surface area contributed by atoms with E-state index < -0.39 is 6.10 Å². The summed E-state index contributed by atoms with van der Waals surface area (Å²) in [5, 5.41) is 14.2. The van der Waals surface area contributed by atoms with Crippen LogP contribution in [0.15, 0.2) is 42.5 Å². The van der Waals surface area contributed by atoms with Gasteiger partial charge in [-0.1, -0.05) is 30.3 Å². The summed E-state index contributed by atoms with van der Waals surface area (Å²) in [4.78, 5) is 17.3. The molecule has 3 heterocycles. The Bertz CT molecular complexity index is 957. The van der Waals surface area contributed by atoms with E-state index >= 15 is 0 Å². The minimum Gasteiger partial charge on any atom is -0.491 e. The number of rotatable bonds is 5. The number of benzene rings is 2. The quantitative estimate of drug-likeness (QED) is 0.755. The lowest BCUT2D eigenvalue weighted by molar-refractivity contribution is 0.0501. The molecule has 170 valence electrons. The van der Waals surface area contributed by atoms with Gasteiger partial charge in [0.25, 0.3) is 5.91 Å². The van der Waals surface area contributed by atoms with Crippen LogP contribution in [0, 0.1) is 0 Å². The zero-order valence-corrected chi connectivity index (χ0v) is 18.6. The standard InChI is InChI=1S/C26H33N3O3/c30-23(17-28-12-9-19-3-1-2-4-22(19)16-28)18-29-13-14-32-25-15-21(5-6-24(25)26(29)31)20-7-10-27-11-8-20/h1-6,15,20,23,27,30H,7-14,16-18H2. The summed E-state index contributed by atoms with van der Waals surface area (Å²) in [5.41, 5.74) is 4.61. The smallest absolute Gasteiger partial charge is 0.257 e. The minimum atomic E-state index is -0.584. The monoisotopic (exact) mass is 435 g/mol. The zero-order chi connectivity index (χ0) is 21.9. The van der Waals surface area contributed by atoms with Gasteiger partial charge in [-0.3, -0.25) is 9.69 Å². The third-order valence-corrected chi connectivity index (χ3v) is 7.06. The number of aliphatic hydroxyl groups is 1. The number of β-amino-alcohol motifs (C(OH)–C–C–N with tert-alkyl or cyclic N) is 1. The van der Waals surface area contributed by atoms with Gasteiger partial charge in [-0.05, 0) is 67.1 Å². The number of carbonyl (C=O) groups is 1. The van der Waals surface area contributed by atoms with Gasteiger partial charge in [0.2, 0.25) is 0 Å². The average Bonchev–Trinajstić information content (AvgIpc) is 2.98. The lowest BCUT2D eigenvalue weighted by Gasteiger charge is -2.32. The number of amides is 1. The third kappa shape index (κ3) is 4.68. The normalized spacial score (nSPS) is 20.8. The molecule has 0 bridgehead atoms. The number of carbonyl (C=O) groups excluding carboxylic acids is 1. The Labute approximate surface area is 190 Å². The summed E-state index contributed by atoms with van der Waals surface area (Å²) in [6, 6.07) is 14.6. The fourth-order valence-electron chi connectivity index (χ4n) is 5.28. The maximum Gasteiger partial charge on any atom is 0.257 e. The second-order valence-corrected chi connectivity index (χ2v) is 9.29. The maximum absolute atomic E-state index is 13.2. The van der Waals surface area contributed by atoms with Gasteiger partial charge in [-0.25, -0.2) is 0 Å². The van der Waals surface area contributed by atoms with Crippen LogP contribution in [0.4, 0.5) is 0 Å². The summed E-state index contributed by atoms with van der Waals surface area (Å²) in [5.74, 6) is 1.17. The number of hydrogen-bond acceptors (Lipinski definition) is 5. The van der Waals surface area contributed by atoms with Crippen molar-refractivity contribution in [3.63, 3.8) is 0 Å². The predicted molar refractivity (Wildman–Crippen MR) is 124 cm³/mol. The highest BCUT2D eigenvalue weighted by Gasteiger charge is 2.28. The van der Waals surface area contributed by atoms with Gasteiger partial charge in [0.05, 0.1) is 18.2 Å². The van der Waals surface area contributed by atoms with Crippen LogP contribution in [-0.2, 0) is 13.0 Å². The lowest BCUT2D eigenvalue weighted by atomic mass is 9.89. The molecule has 1 atom stereocenters. The van der Waals surface area contributed by atoms with E-state index in [1.807, 2.05) is 6.07 Å². The number of nitrogens with zero attached hydrogens (tertiary/aromatic N) is 2. The van der Waals surface area contributed by atoms with Crippen molar-refractivity contribution in [3.8, 4) is 5.75 Å². The average molecular weight is 436 g/mol. The maximum atomic E-state index is 13.2. The van der Waals surface area contributed by atoms with E-state index in [0.29, 0.717) is 43.5 Å². The third-order valence-electron chi connectivity index (χ3n) is 7.06. The highest BCUT2D eigenvalue weighted by atomic mass is 16.5. The number of ether oxygens (including phenoxy) is 1. The Morgan fingerprint density at radius 2 is 1.88 bits per heavy atom. The van der Waals surface area contributed by atoms with E-state index in [4.69, 9.17) is 4.74 Å². The topological polar surface area (TPSA) is 65.0 Å². The molecule has 0 spiro atoms. The minimum absolute atomic E-state index is 0.0441. The Balaban J connectivity index is 1.22. The molecule has 1 saturated heterocycles. The SMILES string of the molecule is O=C1c2ccc(C3CCNCC3)cc2OCCN1CC(O)CN1CCc2ccccc2C1. The van der Waals surface area contributed by atoms with Gasteiger partial charge in [0, 0.05) is 26.2 Å². The van der Waals surface area contributed by atoms with Gasteiger partial charge in [0.15, 0.2) is 0 Å². The zero-order valence-electron chi connectivity index (χ0n) is 18.6. The molecule has 0 aromatic heterocycles. The summed E-state index contributed by atoms with van der Waals surface area (Å²) in [7, 11) is 0. The predicted octanol–water partition coefficient (Wildman–Crippen LogP) is 2.41. The molecule has 6 heteroatoms. The molecule has 5 rings (SSSR count). The number of piperidine rings is 1. The van der Waals surface area contributed by atoms with Crippen LogP contribution >= 0.6 is 0 Å². The number of aliphatic hydroxyl groups excluding tert-OH is 1. The van der Waals surface area contributed by atoms with Gasteiger partial charge in [0.1, 0.15) is 12.4 Å². The van der Waals surface area contributed by atoms with Crippen LogP contribution in [-0.4, -0.2) is 72.8 Å². The summed E-state index contributed by atoms with van der Waals surface area (Å²) < 4.78 is 5.98. The first-order chi connectivity index (χ1) is 15.7. The molecular weight excluding hydrogens is 402 g/mol. The van der Waals surface area contributed by atoms with Crippen molar-refractivity contribution in [1.29, 1.82) is 0 Å². The van der Waals surface area contributed by atoms with E-state index in [2.05, 4.69) is 46.6 Å². The highest BCUT2D eigenvalue weighted by molar-refractivity contribution is 5.97. The molecule has 1 amide bonds. The van der Waals surface area contributed by atoms with Crippen LogP contribution in [0.3, 0.4) is 0 Å². The van der Waals surface area contributed by atoms with Crippen molar-refractivity contribution in [2.24, 2.45) is 0 Å². The van der Waals surface area contributed by atoms with Crippen molar-refractivity contribution in [1.82, 2.24) is 15.1 Å². The van der Waals surface area contributed by atoms with Gasteiger partial charge < -0.3 is 20.1 Å². The second kappa shape index (κ2) is 9.61. The molecule has 3 aliphatic rings. The van der Waals surface area contributed by atoms with Crippen molar-refractivity contribution in [2.75, 3.05) is 45.9 Å². The Kier molecular flexibility index (Phi) is 6.44. The molecule has 3 aliphatic heterocycles. The lowest BCUT2D eigenvalue weighted by Crippen LogP contribution is -2.44. The van der Waals surface area contributed by atoms with Crippen LogP contribution in [0.5, 0.6) is 5.75 Å². The first-order valence-electron chi connectivity index (χ1n) is 11.9. The van der Waals surface area contributed by atoms with E-state index in [1.54, 1.807) is 4.90 Å². The van der Waals surface area contributed by atoms with E-state index in [-0.39, 0.29) is 5.91 Å². The molecule has 2 aromatic rings. The van der Waals surface area contributed by atoms with Gasteiger partial charge in [-0.2, -0.15) is 0 Å². The van der Waals surface area contributed by atoms with Crippen LogP contribution in [0.1, 0.15) is 45.8 Å². The Morgan fingerprint density at radius 3 is 2.72 bits per heavy atom. The van der Waals surface area contributed by atoms with Crippen LogP contribution in [0.25, 0.3) is 0 Å². The molecular formula is C26H33N3O3. The molecule has 1 unspecified atom stereocenters. The molecule has 2 N–H and O–H groups in total. The fraction of sp³-hybridized carbons (Fsp3) is 0.500. The summed E-state index contributed by atoms with van der Waals surface area (Å²) >= 11 is 0. The largest absolute Gasteiger partial charge is 0.491 e. The van der Waals surface area contributed by atoms with Crippen LogP contribution < -0.4 is 10.1 Å². The molecule has 32 heavy (non-hydrogen) atoms. The van der Waals surface area contributed by atoms with E-state index in [9.17, 15) is 9.90 Å². The molecule has 1 fully saturated rings. The molecule has 0 aliphatic carbocycles. The Morgan fingerprint density at radius 1 is 1.06 bits per heavy atom. The van der Waals surface area contributed by atoms with Crippen molar-refractivity contribution < 1.29 is 14.6 Å². The van der Waals surface area contributed by atoms with Crippen LogP contribution in [0.2, 0.25) is 0 Å². The number of nitrogens with one attached hydrogen (secondary N) is 1. The summed E-state index contributed by atoms with van der Waals surface area (Å²) in [6.07, 6.45) is 2.66.